The molecule has 2 rings (SSSR count). The minimum absolute atomic E-state index is 0.115. The Morgan fingerprint density at radius 2 is 2.05 bits per heavy atom. The third-order valence-corrected chi connectivity index (χ3v) is 3.13. The van der Waals surface area contributed by atoms with Gasteiger partial charge in [0.1, 0.15) is 0 Å². The Labute approximate surface area is 114 Å². The normalized spacial score (nSPS) is 16.2. The summed E-state index contributed by atoms with van der Waals surface area (Å²) in [6.45, 7) is -1.54. The van der Waals surface area contributed by atoms with Gasteiger partial charge in [0.15, 0.2) is 11.6 Å². The van der Waals surface area contributed by atoms with Crippen LogP contribution in [0, 0.1) is 11.7 Å². The Morgan fingerprint density at radius 3 is 2.65 bits per heavy atom. The lowest BCUT2D eigenvalue weighted by molar-refractivity contribution is -0.120. The smallest absolute Gasteiger partial charge is 0.387 e. The van der Waals surface area contributed by atoms with Crippen LogP contribution in [-0.2, 0) is 4.79 Å². The maximum absolute atomic E-state index is 13.5. The number of rotatable bonds is 4. The molecular formula is C13H15F3N2O2. The standard InChI is InChI=1S/C13H15F3N2O2/c14-10-7-9(1-2-11(10)20-13(15)16)18-12(19)8-3-5-17-6-4-8/h1-2,7-8,13,17H,3-6H2,(H,18,19). The van der Waals surface area contributed by atoms with Gasteiger partial charge in [-0.2, -0.15) is 8.78 Å². The van der Waals surface area contributed by atoms with Gasteiger partial charge in [0.05, 0.1) is 0 Å². The number of halogens is 3. The molecule has 0 bridgehead atoms. The third-order valence-electron chi connectivity index (χ3n) is 3.13. The fraction of sp³-hybridized carbons (Fsp3) is 0.462. The van der Waals surface area contributed by atoms with Gasteiger partial charge < -0.3 is 15.4 Å². The van der Waals surface area contributed by atoms with Crippen molar-refractivity contribution in [1.82, 2.24) is 5.32 Å². The molecule has 20 heavy (non-hydrogen) atoms. The van der Waals surface area contributed by atoms with Gasteiger partial charge in [-0.05, 0) is 38.1 Å². The van der Waals surface area contributed by atoms with Crippen LogP contribution < -0.4 is 15.4 Å². The highest BCUT2D eigenvalue weighted by Gasteiger charge is 2.21. The van der Waals surface area contributed by atoms with Crippen LogP contribution >= 0.6 is 0 Å². The number of anilines is 1. The van der Waals surface area contributed by atoms with Crippen LogP contribution in [-0.4, -0.2) is 25.6 Å². The van der Waals surface area contributed by atoms with Crippen molar-refractivity contribution in [1.29, 1.82) is 0 Å². The van der Waals surface area contributed by atoms with Crippen molar-refractivity contribution in [2.75, 3.05) is 18.4 Å². The van der Waals surface area contributed by atoms with Crippen LogP contribution in [0.3, 0.4) is 0 Å². The van der Waals surface area contributed by atoms with Crippen molar-refractivity contribution >= 4 is 11.6 Å². The molecule has 0 radical (unpaired) electrons. The Hall–Kier alpha value is -1.76. The molecule has 1 aromatic carbocycles. The fourth-order valence-electron chi connectivity index (χ4n) is 2.10. The van der Waals surface area contributed by atoms with Crippen LogP contribution in [0.25, 0.3) is 0 Å². The molecule has 4 nitrogen and oxygen atoms in total. The van der Waals surface area contributed by atoms with Gasteiger partial charge in [0, 0.05) is 17.7 Å². The first-order valence-corrected chi connectivity index (χ1v) is 6.32. The van der Waals surface area contributed by atoms with E-state index in [1.807, 2.05) is 0 Å². The molecule has 1 aromatic rings. The van der Waals surface area contributed by atoms with Gasteiger partial charge in [0.25, 0.3) is 0 Å². The third kappa shape index (κ3) is 3.86. The Kier molecular flexibility index (Phi) is 4.84. The van der Waals surface area contributed by atoms with Crippen molar-refractivity contribution in [2.24, 2.45) is 5.92 Å². The van der Waals surface area contributed by atoms with E-state index in [1.165, 1.54) is 6.07 Å². The zero-order valence-electron chi connectivity index (χ0n) is 10.7. The summed E-state index contributed by atoms with van der Waals surface area (Å²) < 4.78 is 41.5. The quantitative estimate of drug-likeness (QED) is 0.894. The van der Waals surface area contributed by atoms with Gasteiger partial charge in [-0.15, -0.1) is 0 Å². The molecule has 110 valence electrons. The molecule has 1 amide bonds. The molecular weight excluding hydrogens is 273 g/mol. The van der Waals surface area contributed by atoms with Crippen LogP contribution in [0.1, 0.15) is 12.8 Å². The first-order valence-electron chi connectivity index (χ1n) is 6.32. The molecule has 2 N–H and O–H groups in total. The van der Waals surface area contributed by atoms with Gasteiger partial charge >= 0.3 is 6.61 Å². The largest absolute Gasteiger partial charge is 0.432 e. The van der Waals surface area contributed by atoms with Crippen molar-refractivity contribution in [3.05, 3.63) is 24.0 Å². The number of nitrogens with one attached hydrogen (secondary N) is 2. The highest BCUT2D eigenvalue weighted by molar-refractivity contribution is 5.92. The predicted molar refractivity (Wildman–Crippen MR) is 67.3 cm³/mol. The van der Waals surface area contributed by atoms with E-state index < -0.39 is 18.2 Å². The average molecular weight is 288 g/mol. The van der Waals surface area contributed by atoms with Crippen molar-refractivity contribution in [3.63, 3.8) is 0 Å². The van der Waals surface area contributed by atoms with Crippen LogP contribution in [0.2, 0.25) is 0 Å². The van der Waals surface area contributed by atoms with Gasteiger partial charge in [0.2, 0.25) is 5.91 Å². The molecule has 0 atom stereocenters. The number of benzene rings is 1. The molecule has 1 aliphatic rings. The second kappa shape index (κ2) is 6.60. The number of carbonyl (C=O) groups is 1. The number of piperidine rings is 1. The Bertz CT molecular complexity index is 477. The molecule has 0 spiro atoms. The summed E-state index contributed by atoms with van der Waals surface area (Å²) >= 11 is 0. The van der Waals surface area contributed by atoms with E-state index in [0.717, 1.165) is 38.1 Å². The molecule has 1 aliphatic heterocycles. The molecule has 0 saturated carbocycles. The zero-order chi connectivity index (χ0) is 14.5. The molecule has 0 aromatic heterocycles. The molecule has 0 unspecified atom stereocenters. The van der Waals surface area contributed by atoms with E-state index >= 15 is 0 Å². The highest BCUT2D eigenvalue weighted by Crippen LogP contribution is 2.23. The van der Waals surface area contributed by atoms with E-state index in [4.69, 9.17) is 0 Å². The van der Waals surface area contributed by atoms with Gasteiger partial charge in [-0.1, -0.05) is 0 Å². The number of hydrogen-bond acceptors (Lipinski definition) is 3. The zero-order valence-corrected chi connectivity index (χ0v) is 10.7. The monoisotopic (exact) mass is 288 g/mol. The number of alkyl halides is 2. The highest BCUT2D eigenvalue weighted by atomic mass is 19.3. The number of carbonyl (C=O) groups excluding carboxylic acids is 1. The molecule has 7 heteroatoms. The van der Waals surface area contributed by atoms with Crippen LogP contribution in [0.15, 0.2) is 18.2 Å². The summed E-state index contributed by atoms with van der Waals surface area (Å²) in [5.74, 6) is -1.78. The van der Waals surface area contributed by atoms with E-state index in [9.17, 15) is 18.0 Å². The minimum atomic E-state index is -3.08. The molecule has 1 fully saturated rings. The van der Waals surface area contributed by atoms with Crippen LogP contribution in [0.4, 0.5) is 18.9 Å². The van der Waals surface area contributed by atoms with E-state index in [-0.39, 0.29) is 17.5 Å². The average Bonchev–Trinajstić information content (AvgIpc) is 2.42. The lowest BCUT2D eigenvalue weighted by atomic mass is 9.97. The topological polar surface area (TPSA) is 50.4 Å². The minimum Gasteiger partial charge on any atom is -0.432 e. The second-order valence-corrected chi connectivity index (χ2v) is 4.54. The molecule has 0 aliphatic carbocycles. The second-order valence-electron chi connectivity index (χ2n) is 4.54. The van der Waals surface area contributed by atoms with Crippen LogP contribution in [0.5, 0.6) is 5.75 Å². The first-order chi connectivity index (χ1) is 9.56. The summed E-state index contributed by atoms with van der Waals surface area (Å²) in [4.78, 5) is 11.9. The first kappa shape index (κ1) is 14.6. The maximum Gasteiger partial charge on any atom is 0.387 e. The van der Waals surface area contributed by atoms with E-state index in [2.05, 4.69) is 15.4 Å². The summed E-state index contributed by atoms with van der Waals surface area (Å²) in [5.41, 5.74) is 0.229. The van der Waals surface area contributed by atoms with Crippen molar-refractivity contribution < 1.29 is 22.7 Å². The summed E-state index contributed by atoms with van der Waals surface area (Å²) in [5, 5.41) is 5.72. The number of amides is 1. The number of ether oxygens (including phenoxy) is 1. The summed E-state index contributed by atoms with van der Waals surface area (Å²) in [7, 11) is 0. The SMILES string of the molecule is O=C(Nc1ccc(OC(F)F)c(F)c1)C1CCNCC1. The van der Waals surface area contributed by atoms with Gasteiger partial charge in [-0.25, -0.2) is 4.39 Å². The van der Waals surface area contributed by atoms with Gasteiger partial charge in [-0.3, -0.25) is 4.79 Å². The summed E-state index contributed by atoms with van der Waals surface area (Å²) in [6.07, 6.45) is 1.45. The lowest BCUT2D eigenvalue weighted by Gasteiger charge is -2.21. The number of hydrogen-bond donors (Lipinski definition) is 2. The Balaban J connectivity index is 1.99. The Morgan fingerprint density at radius 1 is 1.35 bits per heavy atom. The fourth-order valence-corrected chi connectivity index (χ4v) is 2.10. The molecule has 1 saturated heterocycles. The van der Waals surface area contributed by atoms with Crippen molar-refractivity contribution in [2.45, 2.75) is 19.5 Å². The lowest BCUT2D eigenvalue weighted by Crippen LogP contribution is -2.34. The van der Waals surface area contributed by atoms with E-state index in [1.54, 1.807) is 0 Å². The van der Waals surface area contributed by atoms with E-state index in [0.29, 0.717) is 0 Å². The van der Waals surface area contributed by atoms with Crippen molar-refractivity contribution in [3.8, 4) is 5.75 Å². The molecule has 1 heterocycles. The summed E-state index contributed by atoms with van der Waals surface area (Å²) in [6, 6.07) is 3.37. The predicted octanol–water partition coefficient (Wildman–Crippen LogP) is 2.37. The maximum atomic E-state index is 13.5.